The summed E-state index contributed by atoms with van der Waals surface area (Å²) in [5.74, 6) is 0.830. The Morgan fingerprint density at radius 3 is 2.54 bits per heavy atom. The number of fused-ring (bicyclic) bond motifs is 2. The Morgan fingerprint density at radius 1 is 1.08 bits per heavy atom. The largest absolute Gasteiger partial charge is 0.477 e. The highest BCUT2D eigenvalue weighted by Gasteiger charge is 2.23. The Bertz CT molecular complexity index is 1050. The first-order chi connectivity index (χ1) is 12.4. The lowest BCUT2D eigenvalue weighted by Gasteiger charge is -2.30. The van der Waals surface area contributed by atoms with Crippen molar-refractivity contribution in [3.63, 3.8) is 0 Å². The van der Waals surface area contributed by atoms with Gasteiger partial charge in [0.2, 0.25) is 0 Å². The van der Waals surface area contributed by atoms with Crippen LogP contribution in [0.1, 0.15) is 27.8 Å². The van der Waals surface area contributed by atoms with Crippen molar-refractivity contribution in [2.24, 2.45) is 0 Å². The molecule has 1 aliphatic rings. The molecule has 1 aliphatic heterocycles. The highest BCUT2D eigenvalue weighted by atomic mass is 35.5. The summed E-state index contributed by atoms with van der Waals surface area (Å²) in [5, 5.41) is 1.72. The molecule has 0 unspecified atom stereocenters. The predicted molar refractivity (Wildman–Crippen MR) is 103 cm³/mol. The van der Waals surface area contributed by atoms with Crippen LogP contribution < -0.4 is 10.4 Å². The van der Waals surface area contributed by atoms with Crippen molar-refractivity contribution in [2.45, 2.75) is 33.9 Å². The molecule has 5 heteroatoms. The molecule has 4 rings (SSSR count). The molecule has 0 saturated carbocycles. The van der Waals surface area contributed by atoms with Crippen molar-refractivity contribution in [2.75, 3.05) is 6.73 Å². The van der Waals surface area contributed by atoms with Gasteiger partial charge in [0.15, 0.2) is 0 Å². The van der Waals surface area contributed by atoms with Gasteiger partial charge < -0.3 is 9.15 Å². The fourth-order valence-corrected chi connectivity index (χ4v) is 3.62. The molecule has 0 aliphatic carbocycles. The van der Waals surface area contributed by atoms with Crippen LogP contribution in [-0.4, -0.2) is 11.6 Å². The number of nitrogens with zero attached hydrogens (tertiary/aromatic N) is 1. The Labute approximate surface area is 156 Å². The monoisotopic (exact) mass is 369 g/mol. The zero-order chi connectivity index (χ0) is 18.4. The summed E-state index contributed by atoms with van der Waals surface area (Å²) in [7, 11) is 0. The average Bonchev–Trinajstić information content (AvgIpc) is 2.63. The molecule has 0 bridgehead atoms. The van der Waals surface area contributed by atoms with E-state index in [0.29, 0.717) is 17.9 Å². The number of halogens is 1. The molecule has 0 spiro atoms. The maximum atomic E-state index is 12.0. The Hall–Kier alpha value is -2.30. The first-order valence-corrected chi connectivity index (χ1v) is 8.98. The maximum absolute atomic E-state index is 12.0. The lowest BCUT2D eigenvalue weighted by atomic mass is 9.99. The average molecular weight is 370 g/mol. The number of benzene rings is 2. The van der Waals surface area contributed by atoms with Crippen molar-refractivity contribution in [1.29, 1.82) is 0 Å². The molecular formula is C21H20ClNO3. The zero-order valence-corrected chi connectivity index (χ0v) is 15.8. The Kier molecular flexibility index (Phi) is 4.25. The minimum atomic E-state index is -0.279. The van der Waals surface area contributed by atoms with Crippen molar-refractivity contribution in [1.82, 2.24) is 4.90 Å². The molecular weight excluding hydrogens is 350 g/mol. The molecule has 0 amide bonds. The fourth-order valence-electron chi connectivity index (χ4n) is 3.50. The molecule has 2 aromatic carbocycles. The maximum Gasteiger partial charge on any atom is 0.339 e. The molecule has 1 aromatic heterocycles. The summed E-state index contributed by atoms with van der Waals surface area (Å²) in [6, 6.07) is 9.97. The van der Waals surface area contributed by atoms with E-state index < -0.39 is 0 Å². The highest BCUT2D eigenvalue weighted by Crippen LogP contribution is 2.36. The highest BCUT2D eigenvalue weighted by molar-refractivity contribution is 6.30. The zero-order valence-electron chi connectivity index (χ0n) is 15.1. The van der Waals surface area contributed by atoms with Crippen LogP contribution in [-0.2, 0) is 13.1 Å². The first kappa shape index (κ1) is 17.1. The van der Waals surface area contributed by atoms with Crippen molar-refractivity contribution in [3.05, 3.63) is 73.6 Å². The van der Waals surface area contributed by atoms with Gasteiger partial charge in [-0.3, -0.25) is 4.90 Å². The van der Waals surface area contributed by atoms with Crippen LogP contribution in [0.25, 0.3) is 11.0 Å². The molecule has 26 heavy (non-hydrogen) atoms. The third-order valence-electron chi connectivity index (χ3n) is 5.11. The van der Waals surface area contributed by atoms with E-state index in [-0.39, 0.29) is 5.63 Å². The van der Waals surface area contributed by atoms with Crippen LogP contribution in [0.2, 0.25) is 5.02 Å². The number of rotatable bonds is 2. The minimum Gasteiger partial charge on any atom is -0.477 e. The van der Waals surface area contributed by atoms with E-state index in [1.807, 2.05) is 38.1 Å². The van der Waals surface area contributed by atoms with Crippen molar-refractivity contribution in [3.8, 4) is 5.75 Å². The van der Waals surface area contributed by atoms with Gasteiger partial charge in [0.05, 0.1) is 0 Å². The summed E-state index contributed by atoms with van der Waals surface area (Å²) in [5.41, 5.74) is 5.18. The van der Waals surface area contributed by atoms with Crippen LogP contribution in [0, 0.1) is 20.8 Å². The van der Waals surface area contributed by atoms with Crippen LogP contribution in [0.5, 0.6) is 5.75 Å². The molecule has 0 atom stereocenters. The van der Waals surface area contributed by atoms with Gasteiger partial charge in [-0.25, -0.2) is 4.79 Å². The molecule has 3 aromatic rings. The van der Waals surface area contributed by atoms with Crippen LogP contribution in [0.3, 0.4) is 0 Å². The van der Waals surface area contributed by atoms with E-state index in [1.165, 1.54) is 5.56 Å². The van der Waals surface area contributed by atoms with Gasteiger partial charge in [0, 0.05) is 40.2 Å². The van der Waals surface area contributed by atoms with E-state index in [1.54, 1.807) is 6.92 Å². The normalized spacial score (nSPS) is 14.3. The third-order valence-corrected chi connectivity index (χ3v) is 5.36. The van der Waals surface area contributed by atoms with E-state index in [4.69, 9.17) is 20.8 Å². The smallest absolute Gasteiger partial charge is 0.339 e. The quantitative estimate of drug-likeness (QED) is 0.613. The van der Waals surface area contributed by atoms with E-state index in [9.17, 15) is 4.79 Å². The summed E-state index contributed by atoms with van der Waals surface area (Å²) in [6.07, 6.45) is 0. The van der Waals surface area contributed by atoms with Crippen molar-refractivity contribution >= 4 is 22.6 Å². The number of aryl methyl sites for hydroxylation is 2. The van der Waals surface area contributed by atoms with Crippen LogP contribution in [0.15, 0.2) is 39.5 Å². The SMILES string of the molecule is Cc1c(C)c2cc3c(c(C)c2oc1=O)OCN(Cc1ccc(Cl)cc1)C3. The van der Waals surface area contributed by atoms with E-state index in [0.717, 1.165) is 45.9 Å². The van der Waals surface area contributed by atoms with Gasteiger partial charge in [0.25, 0.3) is 0 Å². The molecule has 0 radical (unpaired) electrons. The fraction of sp³-hybridized carbons (Fsp3) is 0.286. The molecule has 0 saturated heterocycles. The molecule has 2 heterocycles. The van der Waals surface area contributed by atoms with E-state index in [2.05, 4.69) is 11.0 Å². The lowest BCUT2D eigenvalue weighted by molar-refractivity contribution is 0.0881. The van der Waals surface area contributed by atoms with Crippen LogP contribution in [0.4, 0.5) is 0 Å². The second-order valence-electron chi connectivity index (χ2n) is 6.89. The standard InChI is InChI=1S/C21H20ClNO3/c1-12-13(2)21(24)26-20-14(3)19-16(8-18(12)20)10-23(11-25-19)9-15-4-6-17(22)7-5-15/h4-8H,9-11H2,1-3H3. The second-order valence-corrected chi connectivity index (χ2v) is 7.33. The summed E-state index contributed by atoms with van der Waals surface area (Å²) in [4.78, 5) is 14.3. The van der Waals surface area contributed by atoms with Gasteiger partial charge in [-0.2, -0.15) is 0 Å². The first-order valence-electron chi connectivity index (χ1n) is 8.60. The predicted octanol–water partition coefficient (Wildman–Crippen LogP) is 4.72. The topological polar surface area (TPSA) is 42.7 Å². The number of ether oxygens (including phenoxy) is 1. The summed E-state index contributed by atoms with van der Waals surface area (Å²) < 4.78 is 11.6. The number of hydrogen-bond acceptors (Lipinski definition) is 4. The summed E-state index contributed by atoms with van der Waals surface area (Å²) >= 11 is 5.96. The molecule has 4 nitrogen and oxygen atoms in total. The van der Waals surface area contributed by atoms with E-state index >= 15 is 0 Å². The van der Waals surface area contributed by atoms with Crippen LogP contribution >= 0.6 is 11.6 Å². The molecule has 134 valence electrons. The van der Waals surface area contributed by atoms with Gasteiger partial charge in [-0.05, 0) is 50.1 Å². The Morgan fingerprint density at radius 2 is 1.81 bits per heavy atom. The minimum absolute atomic E-state index is 0.279. The number of hydrogen-bond donors (Lipinski definition) is 0. The molecule has 0 N–H and O–H groups in total. The summed E-state index contributed by atoms with van der Waals surface area (Å²) in [6.45, 7) is 7.79. The van der Waals surface area contributed by atoms with Gasteiger partial charge in [-0.1, -0.05) is 23.7 Å². The van der Waals surface area contributed by atoms with Crippen molar-refractivity contribution < 1.29 is 9.15 Å². The van der Waals surface area contributed by atoms with Gasteiger partial charge >= 0.3 is 5.63 Å². The van der Waals surface area contributed by atoms with Gasteiger partial charge in [-0.15, -0.1) is 0 Å². The third kappa shape index (κ3) is 2.89. The lowest BCUT2D eigenvalue weighted by Crippen LogP contribution is -2.32. The Balaban J connectivity index is 1.71. The van der Waals surface area contributed by atoms with Gasteiger partial charge in [0.1, 0.15) is 18.1 Å². The second kappa shape index (κ2) is 6.45. The molecule has 0 fully saturated rings.